The lowest BCUT2D eigenvalue weighted by molar-refractivity contribution is 0.101. The van der Waals surface area contributed by atoms with E-state index in [1.54, 1.807) is 0 Å². The quantitative estimate of drug-likeness (QED) is 0.909. The summed E-state index contributed by atoms with van der Waals surface area (Å²) in [6.45, 7) is 0. The molecule has 1 aliphatic carbocycles. The number of carbonyl (C=O) groups is 1. The Morgan fingerprint density at radius 3 is 2.90 bits per heavy atom. The topological polar surface area (TPSA) is 55.1 Å². The van der Waals surface area contributed by atoms with Crippen molar-refractivity contribution in [3.05, 3.63) is 45.3 Å². The van der Waals surface area contributed by atoms with E-state index in [1.165, 1.54) is 0 Å². The molecular weight excluding hydrogens is 334 g/mol. The fraction of sp³-hybridized carbons (Fsp3) is 0.231. The number of fused-ring (bicyclic) bond motifs is 1. The third kappa shape index (κ3) is 2.22. The fourth-order valence-corrected chi connectivity index (χ4v) is 2.74. The zero-order valence-corrected chi connectivity index (χ0v) is 11.8. The van der Waals surface area contributed by atoms with E-state index in [4.69, 9.17) is 4.52 Å². The maximum absolute atomic E-state index is 13.7. The van der Waals surface area contributed by atoms with Crippen LogP contribution in [0.15, 0.2) is 21.1 Å². The number of rotatable bonds is 2. The second kappa shape index (κ2) is 4.97. The van der Waals surface area contributed by atoms with Crippen LogP contribution in [0.1, 0.15) is 28.2 Å². The molecule has 0 saturated carbocycles. The summed E-state index contributed by atoms with van der Waals surface area (Å²) in [6.07, 6.45) is 2.38. The predicted octanol–water partition coefficient (Wildman–Crippen LogP) is 3.46. The first-order valence-electron chi connectivity index (χ1n) is 5.99. The Morgan fingerprint density at radius 2 is 2.15 bits per heavy atom. The molecular formula is C13H9BrF2N2O2. The molecule has 104 valence electrons. The van der Waals surface area contributed by atoms with Crippen LogP contribution in [0.25, 0.3) is 0 Å². The van der Waals surface area contributed by atoms with Gasteiger partial charge in [-0.15, -0.1) is 0 Å². The summed E-state index contributed by atoms with van der Waals surface area (Å²) in [7, 11) is 0. The van der Waals surface area contributed by atoms with Gasteiger partial charge in [0.25, 0.3) is 5.91 Å². The average Bonchev–Trinajstić information content (AvgIpc) is 2.95. The minimum absolute atomic E-state index is 0.119. The number of aryl methyl sites for hydroxylation is 1. The lowest BCUT2D eigenvalue weighted by Gasteiger charge is -2.07. The van der Waals surface area contributed by atoms with Gasteiger partial charge in [0.15, 0.2) is 11.5 Å². The Kier molecular flexibility index (Phi) is 3.29. The third-order valence-corrected chi connectivity index (χ3v) is 3.79. The minimum Gasteiger partial charge on any atom is -0.360 e. The van der Waals surface area contributed by atoms with E-state index in [0.29, 0.717) is 18.2 Å². The van der Waals surface area contributed by atoms with Crippen molar-refractivity contribution >= 4 is 27.5 Å². The Hall–Kier alpha value is -1.76. The zero-order chi connectivity index (χ0) is 14.3. The third-order valence-electron chi connectivity index (χ3n) is 3.16. The Balaban J connectivity index is 1.90. The Bertz CT molecular complexity index is 677. The van der Waals surface area contributed by atoms with Crippen molar-refractivity contribution in [1.29, 1.82) is 0 Å². The highest BCUT2D eigenvalue weighted by atomic mass is 79.9. The van der Waals surface area contributed by atoms with E-state index in [1.807, 2.05) is 0 Å². The van der Waals surface area contributed by atoms with Crippen LogP contribution in [0.3, 0.4) is 0 Å². The molecule has 0 aliphatic heterocycles. The van der Waals surface area contributed by atoms with Crippen molar-refractivity contribution in [3.63, 3.8) is 0 Å². The summed E-state index contributed by atoms with van der Waals surface area (Å²) in [4.78, 5) is 12.1. The molecule has 1 heterocycles. The number of benzene rings is 1. The summed E-state index contributed by atoms with van der Waals surface area (Å²) in [5.41, 5.74) is 0.806. The number of nitrogens with one attached hydrogen (secondary N) is 1. The normalized spacial score (nSPS) is 13.3. The molecule has 7 heteroatoms. The minimum atomic E-state index is -0.856. The summed E-state index contributed by atoms with van der Waals surface area (Å²) in [5.74, 6) is -1.45. The number of amides is 1. The lowest BCUT2D eigenvalue weighted by Crippen LogP contribution is -2.15. The molecule has 0 radical (unpaired) electrons. The van der Waals surface area contributed by atoms with Crippen molar-refractivity contribution in [1.82, 2.24) is 5.16 Å². The molecule has 1 N–H and O–H groups in total. The van der Waals surface area contributed by atoms with E-state index in [9.17, 15) is 13.6 Å². The molecule has 1 amide bonds. The van der Waals surface area contributed by atoms with Crippen molar-refractivity contribution in [3.8, 4) is 0 Å². The second-order valence-electron chi connectivity index (χ2n) is 4.49. The van der Waals surface area contributed by atoms with Gasteiger partial charge in [-0.1, -0.05) is 5.16 Å². The number of nitrogens with zero attached hydrogens (tertiary/aromatic N) is 1. The number of carbonyl (C=O) groups excluding carboxylic acids is 1. The Labute approximate surface area is 121 Å². The highest BCUT2D eigenvalue weighted by Gasteiger charge is 2.26. The van der Waals surface area contributed by atoms with Crippen molar-refractivity contribution in [2.45, 2.75) is 19.3 Å². The van der Waals surface area contributed by atoms with Gasteiger partial charge in [-0.05, 0) is 34.8 Å². The van der Waals surface area contributed by atoms with Gasteiger partial charge in [0, 0.05) is 22.5 Å². The van der Waals surface area contributed by atoms with Crippen LogP contribution < -0.4 is 5.32 Å². The number of halogens is 3. The first-order chi connectivity index (χ1) is 9.56. The number of hydrogen-bond acceptors (Lipinski definition) is 3. The molecule has 0 fully saturated rings. The summed E-state index contributed by atoms with van der Waals surface area (Å²) in [5, 5.41) is 6.10. The van der Waals surface area contributed by atoms with Crippen LogP contribution in [0.2, 0.25) is 0 Å². The van der Waals surface area contributed by atoms with Gasteiger partial charge >= 0.3 is 0 Å². The molecule has 0 bridgehead atoms. The maximum atomic E-state index is 13.7. The van der Waals surface area contributed by atoms with E-state index >= 15 is 0 Å². The largest absolute Gasteiger partial charge is 0.360 e. The van der Waals surface area contributed by atoms with Crippen LogP contribution in [-0.2, 0) is 12.8 Å². The fourth-order valence-electron chi connectivity index (χ4n) is 2.24. The van der Waals surface area contributed by atoms with Gasteiger partial charge < -0.3 is 9.84 Å². The van der Waals surface area contributed by atoms with E-state index in [0.717, 1.165) is 24.5 Å². The van der Waals surface area contributed by atoms with Crippen molar-refractivity contribution < 1.29 is 18.1 Å². The first-order valence-corrected chi connectivity index (χ1v) is 6.79. The summed E-state index contributed by atoms with van der Waals surface area (Å²) < 4.78 is 31.8. The van der Waals surface area contributed by atoms with Gasteiger partial charge in [-0.25, -0.2) is 8.78 Å². The number of anilines is 1. The molecule has 0 unspecified atom stereocenters. The smallest absolute Gasteiger partial charge is 0.278 e. The number of aromatic nitrogens is 1. The van der Waals surface area contributed by atoms with Crippen molar-refractivity contribution in [2.24, 2.45) is 0 Å². The second-order valence-corrected chi connectivity index (χ2v) is 5.34. The highest BCUT2D eigenvalue weighted by Crippen LogP contribution is 2.29. The number of hydrogen-bond donors (Lipinski definition) is 1. The summed E-state index contributed by atoms with van der Waals surface area (Å²) >= 11 is 3.01. The molecule has 1 aromatic heterocycles. The highest BCUT2D eigenvalue weighted by molar-refractivity contribution is 9.10. The molecule has 2 aromatic rings. The van der Waals surface area contributed by atoms with Crippen LogP contribution >= 0.6 is 15.9 Å². The lowest BCUT2D eigenvalue weighted by atomic mass is 10.2. The van der Waals surface area contributed by atoms with E-state index < -0.39 is 17.5 Å². The van der Waals surface area contributed by atoms with Gasteiger partial charge in [0.05, 0.1) is 5.69 Å². The van der Waals surface area contributed by atoms with Crippen LogP contribution in [0.5, 0.6) is 0 Å². The molecule has 0 atom stereocenters. The van der Waals surface area contributed by atoms with Crippen LogP contribution in [0, 0.1) is 11.6 Å². The SMILES string of the molecule is O=C(Nc1c(F)cc(F)cc1Br)c1noc2c1CCC2. The average molecular weight is 343 g/mol. The molecule has 4 nitrogen and oxygen atoms in total. The molecule has 3 rings (SSSR count). The molecule has 20 heavy (non-hydrogen) atoms. The van der Waals surface area contributed by atoms with Gasteiger partial charge in [-0.2, -0.15) is 0 Å². The maximum Gasteiger partial charge on any atom is 0.278 e. The van der Waals surface area contributed by atoms with Gasteiger partial charge in [-0.3, -0.25) is 4.79 Å². The van der Waals surface area contributed by atoms with Gasteiger partial charge in [0.1, 0.15) is 11.6 Å². The monoisotopic (exact) mass is 342 g/mol. The van der Waals surface area contributed by atoms with Crippen LogP contribution in [0.4, 0.5) is 14.5 Å². The first kappa shape index (κ1) is 13.2. The van der Waals surface area contributed by atoms with Crippen molar-refractivity contribution in [2.75, 3.05) is 5.32 Å². The summed E-state index contributed by atoms with van der Waals surface area (Å²) in [6, 6.07) is 1.78. The zero-order valence-electron chi connectivity index (χ0n) is 10.2. The molecule has 1 aromatic carbocycles. The Morgan fingerprint density at radius 1 is 1.35 bits per heavy atom. The van der Waals surface area contributed by atoms with E-state index in [2.05, 4.69) is 26.4 Å². The standard InChI is InChI=1S/C13H9BrF2N2O2/c14-8-4-6(15)5-9(16)12(8)17-13(19)11-7-2-1-3-10(7)20-18-11/h4-5H,1-3H2,(H,17,19). The molecule has 0 spiro atoms. The predicted molar refractivity (Wildman–Crippen MR) is 70.5 cm³/mol. The molecule has 0 saturated heterocycles. The van der Waals surface area contributed by atoms with E-state index in [-0.39, 0.29) is 15.9 Å². The van der Waals surface area contributed by atoms with Crippen LogP contribution in [-0.4, -0.2) is 11.1 Å². The molecule has 1 aliphatic rings. The van der Waals surface area contributed by atoms with Gasteiger partial charge in [0.2, 0.25) is 0 Å².